The summed E-state index contributed by atoms with van der Waals surface area (Å²) in [5, 5.41) is 39.8. The number of amidine groups is 1. The first-order valence-electron chi connectivity index (χ1n) is 11.6. The van der Waals surface area contributed by atoms with Crippen LogP contribution in [0.25, 0.3) is 11.0 Å². The van der Waals surface area contributed by atoms with Crippen molar-refractivity contribution in [3.8, 4) is 0 Å². The molecule has 0 spiro atoms. The van der Waals surface area contributed by atoms with Crippen LogP contribution in [0, 0.1) is 0 Å². The number of nitrogens with one attached hydrogen (secondary N) is 1. The number of rotatable bonds is 9. The lowest BCUT2D eigenvalue weighted by Gasteiger charge is -2.21. The van der Waals surface area contributed by atoms with Gasteiger partial charge in [0.05, 0.1) is 17.6 Å². The Balaban J connectivity index is 1.55. The number of hydrogen-bond donors (Lipinski definition) is 4. The van der Waals surface area contributed by atoms with Crippen LogP contribution in [0.15, 0.2) is 17.6 Å². The minimum atomic E-state index is -1.26. The quantitative estimate of drug-likeness (QED) is 0.406. The van der Waals surface area contributed by atoms with Gasteiger partial charge in [-0.25, -0.2) is 15.0 Å². The first-order chi connectivity index (χ1) is 16.0. The molecule has 0 aromatic carbocycles. The molecule has 0 saturated carbocycles. The Morgan fingerprint density at radius 3 is 2.64 bits per heavy atom. The number of amides is 1. The van der Waals surface area contributed by atoms with E-state index in [0.717, 1.165) is 19.3 Å². The summed E-state index contributed by atoms with van der Waals surface area (Å²) in [6.07, 6.45) is 5.67. The molecule has 0 radical (unpaired) electrons. The van der Waals surface area contributed by atoms with Gasteiger partial charge in [-0.2, -0.15) is 5.10 Å². The SMILES string of the molecule is CCCCCCCCC(=O)NC1=NN(C)c2ncnc3c2c1cn3[C@@H]1O[C@H](CO)[C@@H](O)[C@H]1O. The molecule has 11 nitrogen and oxygen atoms in total. The van der Waals surface area contributed by atoms with Gasteiger partial charge in [0.25, 0.3) is 0 Å². The lowest BCUT2D eigenvalue weighted by molar-refractivity contribution is -0.119. The summed E-state index contributed by atoms with van der Waals surface area (Å²) in [5.41, 5.74) is 1.07. The fourth-order valence-electron chi connectivity index (χ4n) is 4.40. The summed E-state index contributed by atoms with van der Waals surface area (Å²) in [5.74, 6) is 0.799. The number of unbranched alkanes of at least 4 members (excludes halogenated alkanes) is 5. The lowest BCUT2D eigenvalue weighted by atomic mass is 10.1. The zero-order valence-electron chi connectivity index (χ0n) is 19.0. The van der Waals surface area contributed by atoms with Crippen LogP contribution in [-0.2, 0) is 9.53 Å². The third-order valence-electron chi connectivity index (χ3n) is 6.21. The number of anilines is 1. The first kappa shape index (κ1) is 23.6. The minimum Gasteiger partial charge on any atom is -0.394 e. The monoisotopic (exact) mass is 460 g/mol. The number of aliphatic hydroxyl groups is 3. The van der Waals surface area contributed by atoms with Crippen molar-refractivity contribution in [2.45, 2.75) is 76.4 Å². The molecule has 1 amide bonds. The number of nitrogens with zero attached hydrogens (tertiary/aromatic N) is 5. The predicted octanol–water partition coefficient (Wildman–Crippen LogP) is 1.02. The molecule has 1 fully saturated rings. The highest BCUT2D eigenvalue weighted by Gasteiger charge is 2.44. The number of hydrogen-bond acceptors (Lipinski definition) is 9. The lowest BCUT2D eigenvalue weighted by Crippen LogP contribution is -2.35. The topological polar surface area (TPSA) is 145 Å². The van der Waals surface area contributed by atoms with Crippen LogP contribution in [0.5, 0.6) is 0 Å². The molecule has 1 saturated heterocycles. The summed E-state index contributed by atoms with van der Waals surface area (Å²) >= 11 is 0. The van der Waals surface area contributed by atoms with E-state index in [1.54, 1.807) is 22.8 Å². The zero-order chi connectivity index (χ0) is 23.5. The number of carbonyl (C=O) groups excluding carboxylic acids is 1. The van der Waals surface area contributed by atoms with Gasteiger partial charge in [0, 0.05) is 19.7 Å². The fraction of sp³-hybridized carbons (Fsp3) is 0.636. The maximum absolute atomic E-state index is 12.6. The van der Waals surface area contributed by atoms with Gasteiger partial charge in [-0.1, -0.05) is 39.0 Å². The van der Waals surface area contributed by atoms with E-state index in [9.17, 15) is 20.1 Å². The van der Waals surface area contributed by atoms with E-state index in [4.69, 9.17) is 4.74 Å². The molecule has 0 aliphatic carbocycles. The summed E-state index contributed by atoms with van der Waals surface area (Å²) in [4.78, 5) is 21.3. The Bertz CT molecular complexity index is 1020. The molecular weight excluding hydrogens is 428 g/mol. The van der Waals surface area contributed by atoms with Crippen molar-refractivity contribution in [3.63, 3.8) is 0 Å². The molecule has 4 atom stereocenters. The summed E-state index contributed by atoms with van der Waals surface area (Å²) in [7, 11) is 1.73. The number of carbonyl (C=O) groups is 1. The van der Waals surface area contributed by atoms with Crippen molar-refractivity contribution in [1.29, 1.82) is 0 Å². The predicted molar refractivity (Wildman–Crippen MR) is 122 cm³/mol. The smallest absolute Gasteiger partial charge is 0.225 e. The maximum atomic E-state index is 12.6. The van der Waals surface area contributed by atoms with E-state index in [2.05, 4.69) is 27.3 Å². The highest BCUT2D eigenvalue weighted by molar-refractivity contribution is 6.18. The number of ether oxygens (including phenoxy) is 1. The van der Waals surface area contributed by atoms with Crippen molar-refractivity contribution in [2.75, 3.05) is 18.7 Å². The summed E-state index contributed by atoms with van der Waals surface area (Å²) in [6.45, 7) is 1.75. The van der Waals surface area contributed by atoms with Crippen LogP contribution < -0.4 is 10.3 Å². The van der Waals surface area contributed by atoms with Gasteiger partial charge in [0.15, 0.2) is 17.9 Å². The maximum Gasteiger partial charge on any atom is 0.225 e. The van der Waals surface area contributed by atoms with Crippen LogP contribution >= 0.6 is 0 Å². The van der Waals surface area contributed by atoms with Crippen molar-refractivity contribution < 1.29 is 24.9 Å². The highest BCUT2D eigenvalue weighted by atomic mass is 16.6. The molecule has 0 unspecified atom stereocenters. The van der Waals surface area contributed by atoms with Crippen LogP contribution in [0.1, 0.15) is 63.7 Å². The number of aromatic nitrogens is 3. The Morgan fingerprint density at radius 2 is 1.91 bits per heavy atom. The first-order valence-corrected chi connectivity index (χ1v) is 11.6. The molecule has 2 aliphatic rings. The van der Waals surface area contributed by atoms with E-state index in [1.165, 1.54) is 25.6 Å². The van der Waals surface area contributed by atoms with Crippen molar-refractivity contribution in [1.82, 2.24) is 19.9 Å². The van der Waals surface area contributed by atoms with Crippen LogP contribution in [0.3, 0.4) is 0 Å². The van der Waals surface area contributed by atoms with Gasteiger partial charge >= 0.3 is 0 Å². The van der Waals surface area contributed by atoms with Gasteiger partial charge in [-0.3, -0.25) is 4.79 Å². The van der Waals surface area contributed by atoms with E-state index in [1.807, 2.05) is 0 Å². The Hall–Kier alpha value is -2.60. The van der Waals surface area contributed by atoms with E-state index in [-0.39, 0.29) is 5.91 Å². The molecule has 2 aliphatic heterocycles. The average molecular weight is 461 g/mol. The van der Waals surface area contributed by atoms with E-state index in [0.29, 0.717) is 34.7 Å². The molecular formula is C22H32N6O5. The number of hydrazone groups is 1. The molecule has 180 valence electrons. The molecule has 33 heavy (non-hydrogen) atoms. The minimum absolute atomic E-state index is 0.119. The molecule has 2 aromatic heterocycles. The zero-order valence-corrected chi connectivity index (χ0v) is 19.0. The molecule has 0 bridgehead atoms. The van der Waals surface area contributed by atoms with E-state index < -0.39 is 31.1 Å². The van der Waals surface area contributed by atoms with Gasteiger partial charge in [-0.05, 0) is 6.42 Å². The van der Waals surface area contributed by atoms with Gasteiger partial charge < -0.3 is 29.9 Å². The second-order valence-electron chi connectivity index (χ2n) is 8.61. The fourth-order valence-corrected chi connectivity index (χ4v) is 4.40. The second-order valence-corrected chi connectivity index (χ2v) is 8.61. The Labute approximate surface area is 192 Å². The molecule has 11 heteroatoms. The largest absolute Gasteiger partial charge is 0.394 e. The van der Waals surface area contributed by atoms with Crippen molar-refractivity contribution >= 4 is 28.6 Å². The third-order valence-corrected chi connectivity index (χ3v) is 6.21. The normalized spacial score (nSPS) is 24.4. The summed E-state index contributed by atoms with van der Waals surface area (Å²) < 4.78 is 7.29. The highest BCUT2D eigenvalue weighted by Crippen LogP contribution is 2.37. The van der Waals surface area contributed by atoms with Crippen molar-refractivity contribution in [2.24, 2.45) is 5.10 Å². The van der Waals surface area contributed by atoms with Gasteiger partial charge in [0.2, 0.25) is 5.91 Å². The molecule has 4 rings (SSSR count). The van der Waals surface area contributed by atoms with E-state index >= 15 is 0 Å². The van der Waals surface area contributed by atoms with Gasteiger partial charge in [-0.15, -0.1) is 0 Å². The summed E-state index contributed by atoms with van der Waals surface area (Å²) in [6, 6.07) is 0. The molecule has 4 N–H and O–H groups in total. The van der Waals surface area contributed by atoms with Crippen molar-refractivity contribution in [3.05, 3.63) is 18.1 Å². The molecule has 4 heterocycles. The second kappa shape index (κ2) is 10.1. The van der Waals surface area contributed by atoms with Crippen LogP contribution in [0.2, 0.25) is 0 Å². The van der Waals surface area contributed by atoms with Gasteiger partial charge in [0.1, 0.15) is 30.3 Å². The Morgan fingerprint density at radius 1 is 1.15 bits per heavy atom. The van der Waals surface area contributed by atoms with Crippen LogP contribution in [0.4, 0.5) is 5.82 Å². The average Bonchev–Trinajstić information content (AvgIpc) is 3.32. The van der Waals surface area contributed by atoms with Crippen LogP contribution in [-0.4, -0.2) is 73.6 Å². The number of aliphatic hydroxyl groups excluding tert-OH is 3. The standard InChI is InChI=1S/C22H32N6O5/c1-3-4-5-6-7-8-9-15(30)25-19-13-10-28(22-18(32)17(31)14(11-29)33-22)21-16(13)20(23-12-24-21)27(2)26-19/h10,12,14,17-18,22,29,31-32H,3-9,11H2,1-2H3,(H,25,26,30)/t14-,17-,18-,22-/m1/s1. The molecule has 2 aromatic rings. The Kier molecular flexibility index (Phi) is 7.23. The third kappa shape index (κ3) is 4.58.